The van der Waals surface area contributed by atoms with Crippen LogP contribution < -0.4 is 0 Å². The maximum absolute atomic E-state index is 5.45. The van der Waals surface area contributed by atoms with E-state index in [1.165, 1.54) is 38.9 Å². The van der Waals surface area contributed by atoms with Crippen LogP contribution in [0.2, 0.25) is 6.04 Å². The van der Waals surface area contributed by atoms with Crippen molar-refractivity contribution in [3.8, 4) is 0 Å². The van der Waals surface area contributed by atoms with Crippen LogP contribution in [0.3, 0.4) is 0 Å². The van der Waals surface area contributed by atoms with Gasteiger partial charge in [0.05, 0.1) is 0 Å². The molecule has 0 atom stereocenters. The molecule has 0 spiro atoms. The minimum atomic E-state index is -2.33. The summed E-state index contributed by atoms with van der Waals surface area (Å²) >= 11 is 0. The maximum Gasteiger partial charge on any atom is 0.500 e. The second-order valence-corrected chi connectivity index (χ2v) is 8.16. The average molecular weight is 275 g/mol. The molecule has 1 heterocycles. The Morgan fingerprint density at radius 1 is 1.06 bits per heavy atom. The molecule has 108 valence electrons. The van der Waals surface area contributed by atoms with Gasteiger partial charge in [0.25, 0.3) is 0 Å². The van der Waals surface area contributed by atoms with Gasteiger partial charge < -0.3 is 18.2 Å². The number of likely N-dealkylation sites (tertiary alicyclic amines) is 1. The molecule has 1 fully saturated rings. The van der Waals surface area contributed by atoms with Crippen LogP contribution in [0.15, 0.2) is 0 Å². The molecule has 0 aromatic carbocycles. The molecular formula is C13H29NO3Si. The molecule has 0 bridgehead atoms. The normalized spacial score (nSPS) is 19.3. The van der Waals surface area contributed by atoms with Crippen LogP contribution in [0.4, 0.5) is 0 Å². The van der Waals surface area contributed by atoms with Crippen LogP contribution in [0.25, 0.3) is 0 Å². The molecule has 4 nitrogen and oxygen atoms in total. The average Bonchev–Trinajstić information content (AvgIpc) is 2.45. The van der Waals surface area contributed by atoms with E-state index in [9.17, 15) is 0 Å². The predicted molar refractivity (Wildman–Crippen MR) is 75.7 cm³/mol. The maximum atomic E-state index is 5.45. The van der Waals surface area contributed by atoms with Crippen LogP contribution in [0.1, 0.15) is 32.6 Å². The molecule has 0 amide bonds. The summed E-state index contributed by atoms with van der Waals surface area (Å²) in [6.45, 7) is 5.97. The van der Waals surface area contributed by atoms with Gasteiger partial charge in [0, 0.05) is 27.4 Å². The zero-order valence-electron chi connectivity index (χ0n) is 12.4. The number of hydrogen-bond acceptors (Lipinski definition) is 4. The summed E-state index contributed by atoms with van der Waals surface area (Å²) in [5.41, 5.74) is 0. The molecule has 0 N–H and O–H groups in total. The molecule has 0 unspecified atom stereocenters. The van der Waals surface area contributed by atoms with Crippen molar-refractivity contribution in [2.45, 2.75) is 38.7 Å². The fourth-order valence-corrected chi connectivity index (χ4v) is 4.50. The van der Waals surface area contributed by atoms with E-state index in [1.807, 2.05) is 0 Å². The van der Waals surface area contributed by atoms with Crippen molar-refractivity contribution in [2.24, 2.45) is 5.92 Å². The van der Waals surface area contributed by atoms with Gasteiger partial charge in [-0.1, -0.05) is 13.3 Å². The van der Waals surface area contributed by atoms with Gasteiger partial charge in [-0.3, -0.25) is 0 Å². The lowest BCUT2D eigenvalue weighted by atomic mass is 9.92. The number of rotatable bonds is 8. The Kier molecular flexibility index (Phi) is 7.40. The number of piperidine rings is 1. The molecule has 0 aromatic rings. The van der Waals surface area contributed by atoms with E-state index in [0.29, 0.717) is 0 Å². The van der Waals surface area contributed by atoms with E-state index < -0.39 is 8.80 Å². The zero-order chi connectivity index (χ0) is 13.4. The molecule has 1 aliphatic rings. The molecule has 1 aliphatic heterocycles. The highest BCUT2D eigenvalue weighted by molar-refractivity contribution is 6.60. The monoisotopic (exact) mass is 275 g/mol. The summed E-state index contributed by atoms with van der Waals surface area (Å²) in [6, 6.07) is 0.935. The van der Waals surface area contributed by atoms with Crippen molar-refractivity contribution in [1.29, 1.82) is 0 Å². The molecule has 0 radical (unpaired) electrons. The van der Waals surface area contributed by atoms with Gasteiger partial charge in [0.2, 0.25) is 0 Å². The summed E-state index contributed by atoms with van der Waals surface area (Å²) in [6.07, 6.45) is 5.12. The van der Waals surface area contributed by atoms with Crippen molar-refractivity contribution in [3.05, 3.63) is 0 Å². The van der Waals surface area contributed by atoms with Gasteiger partial charge in [0.15, 0.2) is 0 Å². The minimum Gasteiger partial charge on any atom is -0.377 e. The summed E-state index contributed by atoms with van der Waals surface area (Å²) in [5, 5.41) is 0. The van der Waals surface area contributed by atoms with Gasteiger partial charge in [-0.2, -0.15) is 0 Å². The van der Waals surface area contributed by atoms with E-state index in [4.69, 9.17) is 13.3 Å². The first-order valence-electron chi connectivity index (χ1n) is 7.07. The Morgan fingerprint density at radius 2 is 1.61 bits per heavy atom. The third-order valence-electron chi connectivity index (χ3n) is 4.18. The molecule has 1 saturated heterocycles. The standard InChI is InChI=1S/C13H29NO3Si/c1-5-14-10-8-13(9-11-14)7-6-12-18(15-2,16-3)17-4/h13H,5-12H2,1-4H3. The molecular weight excluding hydrogens is 246 g/mol. The highest BCUT2D eigenvalue weighted by Gasteiger charge is 2.37. The van der Waals surface area contributed by atoms with Gasteiger partial charge in [-0.25, -0.2) is 0 Å². The van der Waals surface area contributed by atoms with E-state index in [-0.39, 0.29) is 0 Å². The summed E-state index contributed by atoms with van der Waals surface area (Å²) in [5.74, 6) is 0.880. The zero-order valence-corrected chi connectivity index (χ0v) is 13.4. The van der Waals surface area contributed by atoms with E-state index in [1.54, 1.807) is 21.3 Å². The topological polar surface area (TPSA) is 30.9 Å². The Balaban J connectivity index is 2.21. The van der Waals surface area contributed by atoms with Crippen molar-refractivity contribution in [1.82, 2.24) is 4.90 Å². The van der Waals surface area contributed by atoms with Crippen LogP contribution in [-0.4, -0.2) is 54.7 Å². The lowest BCUT2D eigenvalue weighted by molar-refractivity contribution is 0.121. The van der Waals surface area contributed by atoms with Gasteiger partial charge in [-0.05, 0) is 44.8 Å². The quantitative estimate of drug-likeness (QED) is 0.636. The molecule has 5 heteroatoms. The van der Waals surface area contributed by atoms with E-state index in [2.05, 4.69) is 11.8 Å². The minimum absolute atomic E-state index is 0.880. The third-order valence-corrected chi connectivity index (χ3v) is 7.01. The molecule has 18 heavy (non-hydrogen) atoms. The van der Waals surface area contributed by atoms with Crippen LogP contribution in [0.5, 0.6) is 0 Å². The smallest absolute Gasteiger partial charge is 0.377 e. The van der Waals surface area contributed by atoms with Crippen LogP contribution >= 0.6 is 0 Å². The van der Waals surface area contributed by atoms with Crippen molar-refractivity contribution < 1.29 is 13.3 Å². The third kappa shape index (κ3) is 4.62. The largest absolute Gasteiger partial charge is 0.500 e. The number of hydrogen-bond donors (Lipinski definition) is 0. The molecule has 0 aromatic heterocycles. The fraction of sp³-hybridized carbons (Fsp3) is 1.00. The summed E-state index contributed by atoms with van der Waals surface area (Å²) in [4.78, 5) is 2.54. The Morgan fingerprint density at radius 3 is 2.06 bits per heavy atom. The Bertz CT molecular complexity index is 208. The Hall–Kier alpha value is 0.0569. The molecule has 0 aliphatic carbocycles. The van der Waals surface area contributed by atoms with Gasteiger partial charge in [0.1, 0.15) is 0 Å². The highest BCUT2D eigenvalue weighted by atomic mass is 28.4. The summed E-state index contributed by atoms with van der Waals surface area (Å²) < 4.78 is 16.3. The lowest BCUT2D eigenvalue weighted by Crippen LogP contribution is -2.42. The second kappa shape index (κ2) is 8.27. The first kappa shape index (κ1) is 16.1. The van der Waals surface area contributed by atoms with Crippen molar-refractivity contribution in [2.75, 3.05) is 41.0 Å². The van der Waals surface area contributed by atoms with Crippen molar-refractivity contribution >= 4 is 8.80 Å². The first-order chi connectivity index (χ1) is 8.69. The van der Waals surface area contributed by atoms with Crippen LogP contribution in [-0.2, 0) is 13.3 Å². The lowest BCUT2D eigenvalue weighted by Gasteiger charge is -2.31. The second-order valence-electron chi connectivity index (χ2n) is 5.07. The molecule has 0 saturated carbocycles. The predicted octanol–water partition coefficient (Wildman–Crippen LogP) is 2.38. The number of nitrogens with zero attached hydrogens (tertiary/aromatic N) is 1. The van der Waals surface area contributed by atoms with Gasteiger partial charge >= 0.3 is 8.80 Å². The Labute approximate surface area is 113 Å². The highest BCUT2D eigenvalue weighted by Crippen LogP contribution is 2.25. The van der Waals surface area contributed by atoms with E-state index in [0.717, 1.165) is 18.4 Å². The molecule has 1 rings (SSSR count). The first-order valence-corrected chi connectivity index (χ1v) is 9.00. The van der Waals surface area contributed by atoms with Gasteiger partial charge in [-0.15, -0.1) is 0 Å². The fourth-order valence-electron chi connectivity index (χ4n) is 2.75. The van der Waals surface area contributed by atoms with Crippen molar-refractivity contribution in [3.63, 3.8) is 0 Å². The summed E-state index contributed by atoms with van der Waals surface area (Å²) in [7, 11) is 2.75. The van der Waals surface area contributed by atoms with Crippen LogP contribution in [0, 0.1) is 5.92 Å². The van der Waals surface area contributed by atoms with E-state index >= 15 is 0 Å². The SMILES string of the molecule is CCN1CCC(CCC[Si](OC)(OC)OC)CC1.